The number of carboxylic acid groups (broad SMARTS) is 1. The van der Waals surface area contributed by atoms with Gasteiger partial charge in [-0.25, -0.2) is 31.5 Å². The molecule has 4 aliphatic carbocycles. The lowest BCUT2D eigenvalue weighted by molar-refractivity contribution is -0.287. The van der Waals surface area contributed by atoms with Crippen molar-refractivity contribution in [3.63, 3.8) is 0 Å². The molecular weight excluding hydrogens is 643 g/mol. The highest BCUT2D eigenvalue weighted by atomic mass is 31.2. The Bertz CT molecular complexity index is 1240. The summed E-state index contributed by atoms with van der Waals surface area (Å²) in [6, 6.07) is 0. The smallest absolute Gasteiger partial charge is 0.472 e. The van der Waals surface area contributed by atoms with Gasteiger partial charge in [-0.1, -0.05) is 20.8 Å². The molecule has 4 rings (SSSR count). The topological polar surface area (TPSA) is 238 Å². The summed E-state index contributed by atoms with van der Waals surface area (Å²) < 4.78 is 83.5. The van der Waals surface area contributed by atoms with Crippen molar-refractivity contribution < 1.29 is 75.3 Å². The number of aliphatic carboxylic acids is 1. The third kappa shape index (κ3) is 7.16. The lowest BCUT2D eigenvalue weighted by Crippen LogP contribution is -2.66. The highest BCUT2D eigenvalue weighted by molar-refractivity contribution is 7.46. The third-order valence-electron chi connectivity index (χ3n) is 11.1. The minimum atomic E-state index is -5.51. The molecule has 43 heavy (non-hydrogen) atoms. The fraction of sp³-hybridized carbons (Fsp3) is 0.958. The van der Waals surface area contributed by atoms with Gasteiger partial charge in [0.1, 0.15) is 0 Å². The molecule has 11 unspecified atom stereocenters. The van der Waals surface area contributed by atoms with Gasteiger partial charge in [0.15, 0.2) is 0 Å². The third-order valence-corrected chi connectivity index (χ3v) is 12.8. The molecule has 0 saturated heterocycles. The highest BCUT2D eigenvalue weighted by Crippen LogP contribution is 2.74. The molecule has 14 nitrogen and oxygen atoms in total. The van der Waals surface area contributed by atoms with Crippen molar-refractivity contribution in [3.8, 4) is 0 Å². The van der Waals surface area contributed by atoms with Gasteiger partial charge in [0.2, 0.25) is 11.7 Å². The molecular formula is C24H41F2O14P3. The predicted molar refractivity (Wildman–Crippen MR) is 143 cm³/mol. The molecule has 0 aliphatic heterocycles. The van der Waals surface area contributed by atoms with Crippen LogP contribution < -0.4 is 0 Å². The van der Waals surface area contributed by atoms with Gasteiger partial charge in [0.25, 0.3) is 0 Å². The molecule has 0 bridgehead atoms. The van der Waals surface area contributed by atoms with Crippen LogP contribution in [0.1, 0.15) is 78.6 Å². The first-order valence-corrected chi connectivity index (χ1v) is 18.8. The van der Waals surface area contributed by atoms with E-state index in [1.807, 2.05) is 0 Å². The Morgan fingerprint density at radius 1 is 0.907 bits per heavy atom. The minimum absolute atomic E-state index is 0.0914. The zero-order valence-electron chi connectivity index (χ0n) is 24.0. The molecule has 11 atom stereocenters. The fourth-order valence-electron chi connectivity index (χ4n) is 9.48. The van der Waals surface area contributed by atoms with E-state index in [1.54, 1.807) is 20.8 Å². The molecule has 4 fully saturated rings. The van der Waals surface area contributed by atoms with Crippen LogP contribution in [0.5, 0.6) is 0 Å². The molecule has 7 N–H and O–H groups in total. The summed E-state index contributed by atoms with van der Waals surface area (Å²) in [5.74, 6) is -11.7. The summed E-state index contributed by atoms with van der Waals surface area (Å²) in [6.45, 7) is 5.16. The number of carboxylic acids is 1. The number of alkyl halides is 2. The molecule has 19 heteroatoms. The van der Waals surface area contributed by atoms with Crippen LogP contribution in [-0.4, -0.2) is 58.2 Å². The highest BCUT2D eigenvalue weighted by Gasteiger charge is 2.73. The van der Waals surface area contributed by atoms with E-state index in [2.05, 4.69) is 4.52 Å². The summed E-state index contributed by atoms with van der Waals surface area (Å²) in [4.78, 5) is 69.2. The van der Waals surface area contributed by atoms with Crippen molar-refractivity contribution in [1.29, 1.82) is 0 Å². The monoisotopic (exact) mass is 684 g/mol. The summed E-state index contributed by atoms with van der Waals surface area (Å²) >= 11 is 0. The van der Waals surface area contributed by atoms with Crippen LogP contribution in [0.2, 0.25) is 0 Å². The van der Waals surface area contributed by atoms with Gasteiger partial charge < -0.3 is 34.5 Å². The number of phosphoric acid groups is 3. The summed E-state index contributed by atoms with van der Waals surface area (Å²) in [5.41, 5.74) is -2.21. The number of hydrogen-bond acceptors (Lipinski definition) is 7. The minimum Gasteiger partial charge on any atom is -0.481 e. The fourth-order valence-corrected chi connectivity index (χ4v) is 11.3. The van der Waals surface area contributed by atoms with Gasteiger partial charge in [-0.05, 0) is 67.1 Å². The van der Waals surface area contributed by atoms with Crippen molar-refractivity contribution in [3.05, 3.63) is 0 Å². The Kier molecular flexibility index (Phi) is 9.43. The number of rotatable bonds is 10. The van der Waals surface area contributed by atoms with E-state index in [9.17, 15) is 53.0 Å². The predicted octanol–water partition coefficient (Wildman–Crippen LogP) is 4.39. The van der Waals surface area contributed by atoms with Gasteiger partial charge in [-0.15, -0.1) is 0 Å². The van der Waals surface area contributed by atoms with Crippen molar-refractivity contribution in [2.45, 2.75) is 96.4 Å². The number of hydrogen-bond donors (Lipinski definition) is 7. The van der Waals surface area contributed by atoms with Crippen molar-refractivity contribution in [2.24, 2.45) is 46.3 Å². The Labute approximate surface area is 247 Å². The lowest BCUT2D eigenvalue weighted by Gasteiger charge is -2.65. The zero-order chi connectivity index (χ0) is 32.6. The van der Waals surface area contributed by atoms with E-state index in [0.717, 1.165) is 0 Å². The number of phosphoric ester groups is 3. The van der Waals surface area contributed by atoms with Gasteiger partial charge in [-0.3, -0.25) is 9.32 Å². The van der Waals surface area contributed by atoms with E-state index in [1.165, 1.54) is 0 Å². The van der Waals surface area contributed by atoms with Crippen LogP contribution in [0.4, 0.5) is 8.78 Å². The first-order valence-electron chi connectivity index (χ1n) is 14.2. The van der Waals surface area contributed by atoms with E-state index < -0.39 is 107 Å². The summed E-state index contributed by atoms with van der Waals surface area (Å²) in [7, 11) is -16.0. The molecule has 0 spiro atoms. The number of carbonyl (C=O) groups is 1. The first-order chi connectivity index (χ1) is 19.3. The quantitative estimate of drug-likeness (QED) is 0.158. The van der Waals surface area contributed by atoms with Gasteiger partial charge in [0.05, 0.1) is 6.10 Å². The van der Waals surface area contributed by atoms with Crippen LogP contribution in [-0.2, 0) is 32.1 Å². The molecule has 0 radical (unpaired) electrons. The van der Waals surface area contributed by atoms with E-state index in [-0.39, 0.29) is 38.0 Å². The lowest BCUT2D eigenvalue weighted by atomic mass is 9.42. The molecule has 4 aliphatic rings. The largest absolute Gasteiger partial charge is 0.481 e. The van der Waals surface area contributed by atoms with E-state index in [0.29, 0.717) is 6.42 Å². The second kappa shape index (κ2) is 11.4. The van der Waals surface area contributed by atoms with E-state index in [4.69, 9.17) is 9.05 Å². The molecule has 0 amide bonds. The average Bonchev–Trinajstić information content (AvgIpc) is 3.14. The molecule has 0 heterocycles. The number of halogens is 2. The first kappa shape index (κ1) is 35.5. The summed E-state index contributed by atoms with van der Waals surface area (Å²) in [6.07, 6.45) is -2.75. The van der Waals surface area contributed by atoms with Crippen LogP contribution in [0.15, 0.2) is 0 Å². The Balaban J connectivity index is 1.82. The van der Waals surface area contributed by atoms with Crippen molar-refractivity contribution in [1.82, 2.24) is 0 Å². The molecule has 0 aromatic carbocycles. The van der Waals surface area contributed by atoms with Gasteiger partial charge in [-0.2, -0.15) is 0 Å². The van der Waals surface area contributed by atoms with Crippen LogP contribution in [0, 0.1) is 46.3 Å². The second-order valence-corrected chi connectivity index (χ2v) is 17.0. The van der Waals surface area contributed by atoms with Gasteiger partial charge >= 0.3 is 29.4 Å². The van der Waals surface area contributed by atoms with Crippen LogP contribution >= 0.6 is 23.5 Å². The maximum Gasteiger partial charge on any atom is 0.472 e. The summed E-state index contributed by atoms with van der Waals surface area (Å²) in [5, 5.41) is 9.23. The Hall–Kier alpha value is -0.340. The molecule has 0 aromatic rings. The maximum atomic E-state index is 17.3. The van der Waals surface area contributed by atoms with Gasteiger partial charge in [0, 0.05) is 37.0 Å². The maximum absolute atomic E-state index is 17.3. The van der Waals surface area contributed by atoms with E-state index >= 15 is 8.78 Å². The standard InChI is InChI=1S/C24H41F2O14P3/c1-13(4-7-19(27)28)15-5-6-16-20-17(10-18(22(15,16)3)38-41(29,30)31)21(2)8-9-23(25,39-42(32,33)34)11-14(21)12-24(20,26)40-43(35,36)37/h13-18,20H,4-12H2,1-3H3,(H,27,28)(H2,29,30,31)(H2,32,33,34)(H2,35,36,37). The molecule has 4 saturated carbocycles. The van der Waals surface area contributed by atoms with Crippen LogP contribution in [0.25, 0.3) is 0 Å². The number of fused-ring (bicyclic) bond motifs is 5. The van der Waals surface area contributed by atoms with Crippen molar-refractivity contribution in [2.75, 3.05) is 0 Å². The zero-order valence-corrected chi connectivity index (χ0v) is 26.7. The Morgan fingerprint density at radius 3 is 2.05 bits per heavy atom. The normalized spacial score (nSPS) is 44.3. The molecule has 0 aromatic heterocycles. The SMILES string of the molecule is CC(CCC(=O)O)C1CCC2C3C(CC(OP(=O)(O)O)C12C)C1(C)CCC(F)(OP(=O)(O)O)CC1CC3(F)OP(=O)(O)O. The van der Waals surface area contributed by atoms with Crippen LogP contribution in [0.3, 0.4) is 0 Å². The Morgan fingerprint density at radius 2 is 1.51 bits per heavy atom. The average molecular weight is 684 g/mol. The second-order valence-electron chi connectivity index (χ2n) is 13.5. The van der Waals surface area contributed by atoms with Crippen molar-refractivity contribution >= 4 is 29.4 Å². The molecule has 250 valence electrons.